The first kappa shape index (κ1) is 111. The molecule has 0 saturated carbocycles. The zero-order valence-corrected chi connectivity index (χ0v) is 85.2. The predicted molar refractivity (Wildman–Crippen MR) is 561 cm³/mol. The second-order valence-electron chi connectivity index (χ2n) is 37.9. The van der Waals surface area contributed by atoms with E-state index >= 15 is 0 Å². The van der Waals surface area contributed by atoms with Gasteiger partial charge in [-0.15, -0.1) is 0 Å². The molecule has 0 aliphatic rings. The summed E-state index contributed by atoms with van der Waals surface area (Å²) in [5.74, 6) is 1.70. The van der Waals surface area contributed by atoms with E-state index in [2.05, 4.69) is 158 Å². The summed E-state index contributed by atoms with van der Waals surface area (Å²) in [5, 5.41) is 4.87. The van der Waals surface area contributed by atoms with Gasteiger partial charge in [-0.1, -0.05) is 327 Å². The molecule has 10 nitrogen and oxygen atoms in total. The van der Waals surface area contributed by atoms with Crippen molar-refractivity contribution in [3.8, 4) is 0 Å². The van der Waals surface area contributed by atoms with Crippen LogP contribution in [0.25, 0.3) is 54.8 Å². The molecule has 0 fully saturated rings. The van der Waals surface area contributed by atoms with E-state index in [9.17, 15) is 24.0 Å². The normalized spacial score (nSPS) is 11.3. The molecule has 0 amide bonds. The minimum Gasteiger partial charge on any atom is -0.464 e. The van der Waals surface area contributed by atoms with Gasteiger partial charge in [0.1, 0.15) is 39.4 Å². The molecule has 130 heavy (non-hydrogen) atoms. The highest BCUT2D eigenvalue weighted by atomic mass is 16.4. The van der Waals surface area contributed by atoms with E-state index in [1.165, 1.54) is 302 Å². The first-order valence-corrected chi connectivity index (χ1v) is 53.9. The quantitative estimate of drug-likeness (QED) is 0.0266. The topological polar surface area (TPSA) is 151 Å². The molecule has 0 atom stereocenters. The van der Waals surface area contributed by atoms with Crippen LogP contribution in [0.3, 0.4) is 0 Å². The summed E-state index contributed by atoms with van der Waals surface area (Å²) in [6, 6.07) is 29.0. The molecule has 0 radical (unpaired) electrons. The van der Waals surface area contributed by atoms with Crippen molar-refractivity contribution < 1.29 is 22.1 Å². The highest BCUT2D eigenvalue weighted by molar-refractivity contribution is 5.87. The minimum atomic E-state index is -0.200. The van der Waals surface area contributed by atoms with Crippen molar-refractivity contribution >= 4 is 54.8 Å². The van der Waals surface area contributed by atoms with E-state index < -0.39 is 0 Å². The van der Waals surface area contributed by atoms with Crippen LogP contribution in [0.1, 0.15) is 477 Å². The minimum absolute atomic E-state index is 0.131. The number of aryl methyl sites for hydroxylation is 15. The molecular formula is C120H180O10. The molecule has 0 aliphatic heterocycles. The van der Waals surface area contributed by atoms with Gasteiger partial charge >= 0.3 is 11.3 Å². The standard InChI is InChI=1S/5C24H36O2/c1-4-7-10-13-19-16-21(15-12-9-6-3)24-22(17-19)20(14-11-8-5-2)18-23(25)26-24;1-4-7-10-13-19-16-20(14-11-8-5-2)24-22(25)18-21(15-12-9-6-3)26-23(24)17-19;1-4-7-10-13-19-16-20(14-11-8-5-2)24-21(15-12-9-6-3)18-23(25)26-22(24)17-19;1-4-7-10-13-19-16-20(14-11-8-5-2)24-22(17-19)23(25)18-21(26-24)15-12-9-6-3;1-4-7-10-13-19-16-17-22-23(21(19)15-12-9-6-3)24(25)20(18-26-22)14-11-8-5-2/h5*16-18H,4-15H2,1-3H3. The van der Waals surface area contributed by atoms with Crippen LogP contribution >= 0.6 is 0 Å². The molecule has 5 aromatic carbocycles. The number of rotatable bonds is 60. The highest BCUT2D eigenvalue weighted by Crippen LogP contribution is 2.33. The molecule has 0 spiro atoms. The summed E-state index contributed by atoms with van der Waals surface area (Å²) in [6.07, 6.45) is 70.5. The molecule has 0 saturated heterocycles. The highest BCUT2D eigenvalue weighted by Gasteiger charge is 2.20. The maximum atomic E-state index is 13.2. The third-order valence-corrected chi connectivity index (χ3v) is 26.1. The van der Waals surface area contributed by atoms with Gasteiger partial charge in [0, 0.05) is 53.4 Å². The van der Waals surface area contributed by atoms with Crippen LogP contribution in [0.15, 0.2) is 137 Å². The third-order valence-electron chi connectivity index (χ3n) is 26.1. The average Bonchev–Trinajstić information content (AvgIpc) is 0.801. The molecule has 720 valence electrons. The van der Waals surface area contributed by atoms with Crippen LogP contribution in [0, 0.1) is 0 Å². The molecule has 5 heterocycles. The number of fused-ring (bicyclic) bond motifs is 5. The van der Waals surface area contributed by atoms with Crippen LogP contribution in [0.2, 0.25) is 0 Å². The van der Waals surface area contributed by atoms with Crippen molar-refractivity contribution in [1.29, 1.82) is 0 Å². The molecule has 10 heteroatoms. The summed E-state index contributed by atoms with van der Waals surface area (Å²) in [5.41, 5.74) is 20.4. The fraction of sp³-hybridized carbons (Fsp3) is 0.625. The van der Waals surface area contributed by atoms with Gasteiger partial charge < -0.3 is 22.1 Å². The van der Waals surface area contributed by atoms with E-state index in [1.807, 2.05) is 6.07 Å². The van der Waals surface area contributed by atoms with E-state index in [0.29, 0.717) is 0 Å². The molecule has 10 rings (SSSR count). The van der Waals surface area contributed by atoms with Crippen molar-refractivity contribution in [2.24, 2.45) is 0 Å². The predicted octanol–water partition coefficient (Wildman–Crippen LogP) is 35.0. The number of benzene rings is 5. The Morgan fingerprint density at radius 2 is 0.515 bits per heavy atom. The average molecular weight is 1780 g/mol. The van der Waals surface area contributed by atoms with Crippen LogP contribution in [-0.2, 0) is 96.3 Å². The smallest absolute Gasteiger partial charge is 0.336 e. The van der Waals surface area contributed by atoms with Gasteiger partial charge in [-0.3, -0.25) is 14.4 Å². The van der Waals surface area contributed by atoms with E-state index in [-0.39, 0.29) is 27.5 Å². The van der Waals surface area contributed by atoms with Gasteiger partial charge in [-0.25, -0.2) is 9.59 Å². The number of hydrogen-bond acceptors (Lipinski definition) is 10. The monoisotopic (exact) mass is 1780 g/mol. The fourth-order valence-corrected chi connectivity index (χ4v) is 18.5. The lowest BCUT2D eigenvalue weighted by molar-refractivity contribution is 0.515. The van der Waals surface area contributed by atoms with Gasteiger partial charge in [0.2, 0.25) is 0 Å². The van der Waals surface area contributed by atoms with Crippen LogP contribution in [0.5, 0.6) is 0 Å². The summed E-state index contributed by atoms with van der Waals surface area (Å²) in [7, 11) is 0. The lowest BCUT2D eigenvalue weighted by Gasteiger charge is -2.13. The Labute approximate surface area is 787 Å². The number of hydrogen-bond donors (Lipinski definition) is 0. The Kier molecular flexibility index (Phi) is 56.7. The molecular weight excluding hydrogens is 1600 g/mol. The van der Waals surface area contributed by atoms with Crippen molar-refractivity contribution in [1.82, 2.24) is 0 Å². The molecule has 10 aromatic rings. The zero-order valence-electron chi connectivity index (χ0n) is 85.2. The van der Waals surface area contributed by atoms with Gasteiger partial charge in [-0.05, 0) is 277 Å². The maximum Gasteiger partial charge on any atom is 0.336 e. The lowest BCUT2D eigenvalue weighted by Crippen LogP contribution is -2.12. The summed E-state index contributed by atoms with van der Waals surface area (Å²) >= 11 is 0. The number of unbranched alkanes of at least 4 members (excludes halogenated alkanes) is 30. The fourth-order valence-electron chi connectivity index (χ4n) is 18.5. The van der Waals surface area contributed by atoms with Crippen LogP contribution in [0.4, 0.5) is 0 Å². The van der Waals surface area contributed by atoms with Crippen molar-refractivity contribution in [3.63, 3.8) is 0 Å². The van der Waals surface area contributed by atoms with Gasteiger partial charge in [0.05, 0.1) is 22.4 Å². The van der Waals surface area contributed by atoms with Crippen LogP contribution in [-0.4, -0.2) is 0 Å². The van der Waals surface area contributed by atoms with Gasteiger partial charge in [-0.2, -0.15) is 0 Å². The first-order chi connectivity index (χ1) is 63.5. The van der Waals surface area contributed by atoms with Gasteiger partial charge in [0.15, 0.2) is 16.3 Å². The van der Waals surface area contributed by atoms with Crippen LogP contribution < -0.4 is 27.5 Å². The SMILES string of the molecule is CCCCCc1cc(CCCCC)c2c(=O)cc(CCCCC)oc2c1.CCCCCc1cc(CCCCC)c2c(CCCCC)cc(=O)oc2c1.CCCCCc1cc(CCCCC)c2oc(=O)cc(CCCCC)c2c1.CCCCCc1cc(CCCCC)c2oc(CCCCC)cc(=O)c2c1.CCCCCc1ccc2occ(CCCCC)c(=O)c2c1CCCCC. The summed E-state index contributed by atoms with van der Waals surface area (Å²) < 4.78 is 29.6. The molecule has 5 aromatic heterocycles. The summed E-state index contributed by atoms with van der Waals surface area (Å²) in [4.78, 5) is 63.0. The second-order valence-corrected chi connectivity index (χ2v) is 37.9. The van der Waals surface area contributed by atoms with E-state index in [1.54, 1.807) is 30.5 Å². The Hall–Kier alpha value is -7.85. The lowest BCUT2D eigenvalue weighted by atomic mass is 9.92. The van der Waals surface area contributed by atoms with Crippen molar-refractivity contribution in [3.05, 3.63) is 227 Å². The third kappa shape index (κ3) is 39.0. The maximum absolute atomic E-state index is 13.2. The second kappa shape index (κ2) is 66.5. The van der Waals surface area contributed by atoms with Crippen molar-refractivity contribution in [2.45, 2.75) is 489 Å². The molecule has 0 aliphatic carbocycles. The zero-order chi connectivity index (χ0) is 93.9. The van der Waals surface area contributed by atoms with Gasteiger partial charge in [0.25, 0.3) is 0 Å². The Bertz CT molecular complexity index is 5060. The Morgan fingerprint density at radius 3 is 0.954 bits per heavy atom. The van der Waals surface area contributed by atoms with E-state index in [0.717, 1.165) is 222 Å². The molecule has 0 bridgehead atoms. The Balaban J connectivity index is 0.000000250. The largest absolute Gasteiger partial charge is 0.464 e. The van der Waals surface area contributed by atoms with E-state index in [4.69, 9.17) is 22.1 Å². The Morgan fingerprint density at radius 1 is 0.208 bits per heavy atom. The summed E-state index contributed by atoms with van der Waals surface area (Å²) in [6.45, 7) is 33.3. The molecule has 0 unspecified atom stereocenters. The first-order valence-electron chi connectivity index (χ1n) is 53.9. The molecule has 0 N–H and O–H groups in total. The van der Waals surface area contributed by atoms with Crippen molar-refractivity contribution in [2.75, 3.05) is 0 Å².